The molecule has 3 unspecified atom stereocenters. The number of halogens is 1. The van der Waals surface area contributed by atoms with Crippen LogP contribution in [0.3, 0.4) is 0 Å². The molecule has 0 bridgehead atoms. The first-order valence-corrected chi connectivity index (χ1v) is 8.42. The summed E-state index contributed by atoms with van der Waals surface area (Å²) in [7, 11) is 0. The van der Waals surface area contributed by atoms with Crippen LogP contribution in [0, 0.1) is 11.8 Å². The monoisotopic (exact) mass is 338 g/mol. The Morgan fingerprint density at radius 2 is 1.78 bits per heavy atom. The number of aliphatic hydroxyl groups excluding tert-OH is 1. The maximum atomic E-state index is 12.5. The fourth-order valence-corrected chi connectivity index (χ4v) is 3.86. The molecule has 3 N–H and O–H groups in total. The van der Waals surface area contributed by atoms with Gasteiger partial charge in [0.1, 0.15) is 0 Å². The lowest BCUT2D eigenvalue weighted by atomic mass is 9.87. The minimum absolute atomic E-state index is 0. The molecule has 0 aromatic heterocycles. The van der Waals surface area contributed by atoms with E-state index in [0.29, 0.717) is 0 Å². The average molecular weight is 339 g/mol. The highest BCUT2D eigenvalue weighted by molar-refractivity contribution is 5.85. The van der Waals surface area contributed by atoms with Gasteiger partial charge in [-0.15, -0.1) is 12.4 Å². The number of carbonyl (C=O) groups is 1. The Balaban J connectivity index is 0.00000192. The van der Waals surface area contributed by atoms with Gasteiger partial charge in [0.05, 0.1) is 6.10 Å². The molecule has 23 heavy (non-hydrogen) atoms. The van der Waals surface area contributed by atoms with E-state index in [2.05, 4.69) is 0 Å². The van der Waals surface area contributed by atoms with E-state index in [9.17, 15) is 9.90 Å². The first-order chi connectivity index (χ1) is 10.6. The van der Waals surface area contributed by atoms with Crippen LogP contribution in [-0.4, -0.2) is 35.0 Å². The first-order valence-electron chi connectivity index (χ1n) is 8.42. The number of hydrogen-bond acceptors (Lipinski definition) is 3. The summed E-state index contributed by atoms with van der Waals surface area (Å²) in [5.74, 6) is 0.656. The van der Waals surface area contributed by atoms with Crippen LogP contribution < -0.4 is 5.73 Å². The van der Waals surface area contributed by atoms with Crippen LogP contribution >= 0.6 is 12.4 Å². The Morgan fingerprint density at radius 3 is 2.35 bits per heavy atom. The van der Waals surface area contributed by atoms with Crippen molar-refractivity contribution in [3.8, 4) is 0 Å². The van der Waals surface area contributed by atoms with Crippen LogP contribution in [0.5, 0.6) is 0 Å². The molecule has 1 saturated heterocycles. The van der Waals surface area contributed by atoms with Crippen molar-refractivity contribution < 1.29 is 9.90 Å². The van der Waals surface area contributed by atoms with Crippen molar-refractivity contribution in [2.24, 2.45) is 17.6 Å². The van der Waals surface area contributed by atoms with Gasteiger partial charge in [0.2, 0.25) is 5.91 Å². The Kier molecular flexibility index (Phi) is 6.45. The van der Waals surface area contributed by atoms with E-state index < -0.39 is 6.10 Å². The molecule has 0 spiro atoms. The van der Waals surface area contributed by atoms with E-state index in [-0.39, 0.29) is 36.2 Å². The SMILES string of the molecule is Cl.NC1CCC(C(=O)N2CCC(C(O)c3ccccc3)CC2)C1. The second-order valence-electron chi connectivity index (χ2n) is 6.79. The zero-order valence-corrected chi connectivity index (χ0v) is 14.3. The maximum absolute atomic E-state index is 12.5. The van der Waals surface area contributed by atoms with Crippen molar-refractivity contribution >= 4 is 18.3 Å². The molecular weight excluding hydrogens is 312 g/mol. The third kappa shape index (κ3) is 4.25. The number of carbonyl (C=O) groups excluding carboxylic acids is 1. The smallest absolute Gasteiger partial charge is 0.225 e. The number of aliphatic hydroxyl groups is 1. The second kappa shape index (κ2) is 8.13. The van der Waals surface area contributed by atoms with Crippen molar-refractivity contribution in [1.82, 2.24) is 4.90 Å². The molecule has 4 nitrogen and oxygen atoms in total. The van der Waals surface area contributed by atoms with Crippen LogP contribution in [0.2, 0.25) is 0 Å². The van der Waals surface area contributed by atoms with Gasteiger partial charge in [-0.3, -0.25) is 4.79 Å². The lowest BCUT2D eigenvalue weighted by Crippen LogP contribution is -2.42. The molecule has 1 heterocycles. The largest absolute Gasteiger partial charge is 0.388 e. The first kappa shape index (κ1) is 18.2. The standard InChI is InChI=1S/C18H26N2O2.ClH/c19-16-7-6-15(12-16)18(22)20-10-8-14(9-11-20)17(21)13-4-2-1-3-5-13;/h1-5,14-17,21H,6-12,19H2;1H. The van der Waals surface area contributed by atoms with E-state index in [4.69, 9.17) is 5.73 Å². The molecule has 5 heteroatoms. The summed E-state index contributed by atoms with van der Waals surface area (Å²) in [6, 6.07) is 10.0. The number of amides is 1. The Morgan fingerprint density at radius 1 is 1.13 bits per heavy atom. The Bertz CT molecular complexity index is 503. The zero-order valence-electron chi connectivity index (χ0n) is 13.4. The minimum Gasteiger partial charge on any atom is -0.388 e. The number of hydrogen-bond donors (Lipinski definition) is 2. The summed E-state index contributed by atoms with van der Waals surface area (Å²) in [4.78, 5) is 14.5. The number of likely N-dealkylation sites (tertiary alicyclic amines) is 1. The molecule has 1 aliphatic carbocycles. The van der Waals surface area contributed by atoms with E-state index in [1.165, 1.54) is 0 Å². The summed E-state index contributed by atoms with van der Waals surface area (Å²) in [5, 5.41) is 10.5. The fraction of sp³-hybridized carbons (Fsp3) is 0.611. The molecular formula is C18H27ClN2O2. The van der Waals surface area contributed by atoms with Gasteiger partial charge in [0, 0.05) is 25.0 Å². The summed E-state index contributed by atoms with van der Waals surface area (Å²) < 4.78 is 0. The number of nitrogens with two attached hydrogens (primary N) is 1. The van der Waals surface area contributed by atoms with Crippen molar-refractivity contribution in [2.75, 3.05) is 13.1 Å². The highest BCUT2D eigenvalue weighted by atomic mass is 35.5. The molecule has 1 saturated carbocycles. The summed E-state index contributed by atoms with van der Waals surface area (Å²) >= 11 is 0. The van der Waals surface area contributed by atoms with Crippen LogP contribution in [-0.2, 0) is 4.79 Å². The van der Waals surface area contributed by atoms with Gasteiger partial charge in [0.15, 0.2) is 0 Å². The predicted molar refractivity (Wildman–Crippen MR) is 93.3 cm³/mol. The van der Waals surface area contributed by atoms with E-state index in [0.717, 1.165) is 50.8 Å². The average Bonchev–Trinajstić information content (AvgIpc) is 3.01. The van der Waals surface area contributed by atoms with E-state index in [1.54, 1.807) is 0 Å². The highest BCUT2D eigenvalue weighted by Crippen LogP contribution is 2.32. The minimum atomic E-state index is -0.418. The molecule has 2 fully saturated rings. The Labute approximate surface area is 144 Å². The van der Waals surface area contributed by atoms with Gasteiger partial charge in [-0.2, -0.15) is 0 Å². The number of nitrogens with zero attached hydrogens (tertiary/aromatic N) is 1. The van der Waals surface area contributed by atoms with Crippen molar-refractivity contribution in [2.45, 2.75) is 44.2 Å². The van der Waals surface area contributed by atoms with Crippen LogP contribution in [0.1, 0.15) is 43.8 Å². The van der Waals surface area contributed by atoms with Crippen LogP contribution in [0.25, 0.3) is 0 Å². The third-order valence-electron chi connectivity index (χ3n) is 5.26. The lowest BCUT2D eigenvalue weighted by Gasteiger charge is -2.35. The molecule has 1 aromatic rings. The van der Waals surface area contributed by atoms with Gasteiger partial charge in [0.25, 0.3) is 0 Å². The van der Waals surface area contributed by atoms with Gasteiger partial charge in [-0.25, -0.2) is 0 Å². The number of piperidine rings is 1. The molecule has 1 aliphatic heterocycles. The normalized spacial score (nSPS) is 26.6. The molecule has 3 atom stereocenters. The second-order valence-corrected chi connectivity index (χ2v) is 6.79. The summed E-state index contributed by atoms with van der Waals surface area (Å²) in [6.07, 6.45) is 4.08. The van der Waals surface area contributed by atoms with E-state index in [1.807, 2.05) is 35.2 Å². The lowest BCUT2D eigenvalue weighted by molar-refractivity contribution is -0.137. The quantitative estimate of drug-likeness (QED) is 0.890. The van der Waals surface area contributed by atoms with Crippen molar-refractivity contribution in [3.63, 3.8) is 0 Å². The predicted octanol–water partition coefficient (Wildman–Crippen LogP) is 2.51. The van der Waals surface area contributed by atoms with Crippen molar-refractivity contribution in [3.05, 3.63) is 35.9 Å². The van der Waals surface area contributed by atoms with Gasteiger partial charge in [-0.1, -0.05) is 30.3 Å². The van der Waals surface area contributed by atoms with Gasteiger partial charge < -0.3 is 15.7 Å². The molecule has 0 radical (unpaired) electrons. The molecule has 1 amide bonds. The van der Waals surface area contributed by atoms with E-state index >= 15 is 0 Å². The van der Waals surface area contributed by atoms with Crippen molar-refractivity contribution in [1.29, 1.82) is 0 Å². The molecule has 3 rings (SSSR count). The number of benzene rings is 1. The third-order valence-corrected chi connectivity index (χ3v) is 5.26. The zero-order chi connectivity index (χ0) is 15.5. The van der Waals surface area contributed by atoms with Gasteiger partial charge in [-0.05, 0) is 43.6 Å². The fourth-order valence-electron chi connectivity index (χ4n) is 3.86. The van der Waals surface area contributed by atoms with Crippen LogP contribution in [0.15, 0.2) is 30.3 Å². The number of rotatable bonds is 3. The summed E-state index contributed by atoms with van der Waals surface area (Å²) in [6.45, 7) is 1.53. The van der Waals surface area contributed by atoms with Crippen LogP contribution in [0.4, 0.5) is 0 Å². The molecule has 1 aromatic carbocycles. The topological polar surface area (TPSA) is 66.6 Å². The molecule has 128 valence electrons. The molecule has 2 aliphatic rings. The van der Waals surface area contributed by atoms with Gasteiger partial charge >= 0.3 is 0 Å². The maximum Gasteiger partial charge on any atom is 0.225 e. The Hall–Kier alpha value is -1.10. The highest BCUT2D eigenvalue weighted by Gasteiger charge is 2.34. The summed E-state index contributed by atoms with van der Waals surface area (Å²) in [5.41, 5.74) is 6.90.